The molecule has 3 aliphatic heterocycles. The lowest BCUT2D eigenvalue weighted by atomic mass is 10.1. The van der Waals surface area contributed by atoms with Gasteiger partial charge in [-0.2, -0.15) is 10.0 Å². The zero-order valence-electron chi connectivity index (χ0n) is 16.8. The second kappa shape index (κ2) is 9.14. The van der Waals surface area contributed by atoms with Gasteiger partial charge >= 0.3 is 0 Å². The predicted octanol–water partition coefficient (Wildman–Crippen LogP) is 4.13. The van der Waals surface area contributed by atoms with E-state index in [2.05, 4.69) is 15.0 Å². The molecule has 11 heteroatoms. The minimum absolute atomic E-state index is 0.0115. The van der Waals surface area contributed by atoms with Crippen LogP contribution in [0.15, 0.2) is 61.6 Å². The summed E-state index contributed by atoms with van der Waals surface area (Å²) in [5.74, 6) is 0.730. The average Bonchev–Trinajstić information content (AvgIpc) is 3.44. The van der Waals surface area contributed by atoms with Crippen LogP contribution in [-0.4, -0.2) is 58.3 Å². The third-order valence-corrected chi connectivity index (χ3v) is 7.11. The number of furan rings is 1. The maximum absolute atomic E-state index is 12.6. The smallest absolute Gasteiger partial charge is 0.283 e. The van der Waals surface area contributed by atoms with Crippen molar-refractivity contribution in [1.29, 1.82) is 5.41 Å². The van der Waals surface area contributed by atoms with Crippen molar-refractivity contribution in [3.63, 3.8) is 0 Å². The van der Waals surface area contributed by atoms with E-state index in [9.17, 15) is 4.79 Å². The molecule has 0 radical (unpaired) electrons. The first-order valence-electron chi connectivity index (χ1n) is 9.87. The standard InChI is InChI=1S/C21H18ClN5O3S2/c22-14-3-1-13(2-4-14)12-31-17-6-5-15(30-17)11-16-18(23)27-20(24-19(16)28)32-21(25-27)26-7-9-29-10-8-26/h1-6,11,23H,7-10,12H2/b16-11-,23-18?. The van der Waals surface area contributed by atoms with Crippen LogP contribution in [0.4, 0.5) is 0 Å². The lowest BCUT2D eigenvalue weighted by Crippen LogP contribution is -2.39. The largest absolute Gasteiger partial charge is 0.450 e. The van der Waals surface area contributed by atoms with E-state index in [-0.39, 0.29) is 11.4 Å². The van der Waals surface area contributed by atoms with Gasteiger partial charge in [-0.3, -0.25) is 10.2 Å². The zero-order chi connectivity index (χ0) is 22.1. The van der Waals surface area contributed by atoms with E-state index in [0.717, 1.165) is 34.7 Å². The number of morpholine rings is 1. The highest BCUT2D eigenvalue weighted by Crippen LogP contribution is 2.31. The van der Waals surface area contributed by atoms with Gasteiger partial charge in [0.05, 0.1) is 18.8 Å². The molecule has 1 fully saturated rings. The topological polar surface area (TPSA) is 94.5 Å². The Hall–Kier alpha value is -2.53. The third-order valence-electron chi connectivity index (χ3n) is 4.91. The Balaban J connectivity index is 1.29. The summed E-state index contributed by atoms with van der Waals surface area (Å²) in [6.45, 7) is 2.70. The summed E-state index contributed by atoms with van der Waals surface area (Å²) in [7, 11) is 0. The number of amides is 1. The molecular weight excluding hydrogens is 470 g/mol. The fourth-order valence-electron chi connectivity index (χ4n) is 3.23. The molecular formula is C21H18ClN5O3S2. The van der Waals surface area contributed by atoms with Crippen LogP contribution in [0.1, 0.15) is 11.3 Å². The third kappa shape index (κ3) is 4.49. The highest BCUT2D eigenvalue weighted by molar-refractivity contribution is 8.26. The van der Waals surface area contributed by atoms with Crippen LogP contribution in [0.25, 0.3) is 6.08 Å². The molecule has 0 unspecified atom stereocenters. The van der Waals surface area contributed by atoms with E-state index in [0.29, 0.717) is 29.2 Å². The Morgan fingerprint density at radius 3 is 2.72 bits per heavy atom. The van der Waals surface area contributed by atoms with Gasteiger partial charge in [-0.05, 0) is 47.7 Å². The fourth-order valence-corrected chi connectivity index (χ4v) is 5.12. The van der Waals surface area contributed by atoms with Crippen LogP contribution < -0.4 is 0 Å². The van der Waals surface area contributed by atoms with Crippen molar-refractivity contribution in [3.05, 3.63) is 58.3 Å². The Kier molecular flexibility index (Phi) is 6.09. The second-order valence-corrected chi connectivity index (χ2v) is 9.42. The number of amidine groups is 3. The molecule has 0 aliphatic carbocycles. The molecule has 1 aromatic heterocycles. The first kappa shape index (κ1) is 21.3. The summed E-state index contributed by atoms with van der Waals surface area (Å²) in [4.78, 5) is 18.8. The van der Waals surface area contributed by atoms with Gasteiger partial charge in [0.25, 0.3) is 5.91 Å². The van der Waals surface area contributed by atoms with Gasteiger partial charge in [-0.15, -0.1) is 5.10 Å². The van der Waals surface area contributed by atoms with Crippen molar-refractivity contribution in [3.8, 4) is 0 Å². The summed E-state index contributed by atoms with van der Waals surface area (Å²) in [5, 5.41) is 17.0. The molecule has 0 saturated carbocycles. The van der Waals surface area contributed by atoms with Crippen LogP contribution in [0.2, 0.25) is 5.02 Å². The van der Waals surface area contributed by atoms with E-state index < -0.39 is 5.91 Å². The number of fused-ring (bicyclic) bond motifs is 1. The van der Waals surface area contributed by atoms with Crippen molar-refractivity contribution >= 4 is 63.3 Å². The van der Waals surface area contributed by atoms with E-state index in [1.807, 2.05) is 30.3 Å². The summed E-state index contributed by atoms with van der Waals surface area (Å²) in [6.07, 6.45) is 1.55. The first-order chi connectivity index (χ1) is 15.6. The summed E-state index contributed by atoms with van der Waals surface area (Å²) in [5.41, 5.74) is 1.27. The molecule has 0 bridgehead atoms. The number of carbonyl (C=O) groups excluding carboxylic acids is 1. The van der Waals surface area contributed by atoms with E-state index in [1.54, 1.807) is 12.1 Å². The number of benzene rings is 1. The first-order valence-corrected chi connectivity index (χ1v) is 12.0. The van der Waals surface area contributed by atoms with Crippen molar-refractivity contribution in [2.24, 2.45) is 10.1 Å². The highest BCUT2D eigenvalue weighted by atomic mass is 35.5. The Bertz CT molecular complexity index is 1150. The molecule has 0 atom stereocenters. The van der Waals surface area contributed by atoms with E-state index in [4.69, 9.17) is 26.2 Å². The van der Waals surface area contributed by atoms with Crippen molar-refractivity contribution in [2.45, 2.75) is 10.8 Å². The fraction of sp³-hybridized carbons (Fsp3) is 0.238. The maximum Gasteiger partial charge on any atom is 0.283 e. The normalized spacial score (nSPS) is 20.0. The molecule has 1 aromatic carbocycles. The van der Waals surface area contributed by atoms with E-state index >= 15 is 0 Å². The molecule has 1 saturated heterocycles. The number of nitrogens with one attached hydrogen (secondary N) is 1. The number of carbonyl (C=O) groups is 1. The minimum atomic E-state index is -0.473. The number of halogens is 1. The number of hydrogen-bond acceptors (Lipinski definition) is 8. The molecule has 164 valence electrons. The highest BCUT2D eigenvalue weighted by Gasteiger charge is 2.37. The number of hydrogen-bond donors (Lipinski definition) is 1. The van der Waals surface area contributed by atoms with Crippen molar-refractivity contribution in [2.75, 3.05) is 26.3 Å². The molecule has 2 aromatic rings. The lowest BCUT2D eigenvalue weighted by molar-refractivity contribution is -0.114. The molecule has 4 heterocycles. The molecule has 0 spiro atoms. The van der Waals surface area contributed by atoms with Gasteiger partial charge in [0.1, 0.15) is 5.76 Å². The predicted molar refractivity (Wildman–Crippen MR) is 127 cm³/mol. The van der Waals surface area contributed by atoms with Crippen LogP contribution in [0.3, 0.4) is 0 Å². The van der Waals surface area contributed by atoms with Crippen LogP contribution in [-0.2, 0) is 15.3 Å². The lowest BCUT2D eigenvalue weighted by Gasteiger charge is -2.26. The van der Waals surface area contributed by atoms with Crippen LogP contribution in [0.5, 0.6) is 0 Å². The number of thioether (sulfide) groups is 2. The van der Waals surface area contributed by atoms with Crippen molar-refractivity contribution in [1.82, 2.24) is 9.91 Å². The van der Waals surface area contributed by atoms with Gasteiger partial charge in [0.15, 0.2) is 16.1 Å². The van der Waals surface area contributed by atoms with E-state index in [1.165, 1.54) is 28.5 Å². The molecule has 1 N–H and O–H groups in total. The number of aliphatic imine (C=N–C) groups is 1. The number of rotatable bonds is 4. The summed E-state index contributed by atoms with van der Waals surface area (Å²) < 4.78 is 11.2. The Labute approximate surface area is 197 Å². The second-order valence-electron chi connectivity index (χ2n) is 7.07. The molecule has 32 heavy (non-hydrogen) atoms. The molecule has 5 rings (SSSR count). The zero-order valence-corrected chi connectivity index (χ0v) is 19.2. The number of nitrogens with zero attached hydrogens (tertiary/aromatic N) is 4. The Morgan fingerprint density at radius 1 is 1.16 bits per heavy atom. The molecule has 1 amide bonds. The van der Waals surface area contributed by atoms with Gasteiger partial charge < -0.3 is 14.1 Å². The minimum Gasteiger partial charge on any atom is -0.450 e. The van der Waals surface area contributed by atoms with Crippen LogP contribution in [0, 0.1) is 5.41 Å². The van der Waals surface area contributed by atoms with Gasteiger partial charge in [-0.1, -0.05) is 35.5 Å². The summed E-state index contributed by atoms with van der Waals surface area (Å²) in [6, 6.07) is 11.3. The monoisotopic (exact) mass is 487 g/mol. The SMILES string of the molecule is N=C1/C(=C/c2ccc(SCc3ccc(Cl)cc3)o2)C(=O)N=C2SC(N3CCOCC3)=NN12. The quantitative estimate of drug-likeness (QED) is 0.511. The maximum atomic E-state index is 12.6. The molecule has 3 aliphatic rings. The number of ether oxygens (including phenoxy) is 1. The number of hydrazone groups is 1. The van der Waals surface area contributed by atoms with Gasteiger partial charge in [-0.25, -0.2) is 0 Å². The van der Waals surface area contributed by atoms with Crippen LogP contribution >= 0.6 is 35.1 Å². The van der Waals surface area contributed by atoms with Gasteiger partial charge in [0.2, 0.25) is 5.17 Å². The summed E-state index contributed by atoms with van der Waals surface area (Å²) >= 11 is 8.76. The molecule has 8 nitrogen and oxygen atoms in total. The van der Waals surface area contributed by atoms with Gasteiger partial charge in [0, 0.05) is 23.9 Å². The average molecular weight is 488 g/mol. The Morgan fingerprint density at radius 2 is 1.94 bits per heavy atom. The van der Waals surface area contributed by atoms with Crippen molar-refractivity contribution < 1.29 is 13.9 Å².